The first-order valence-electron chi connectivity index (χ1n) is 4.67. The van der Waals surface area contributed by atoms with Crippen LogP contribution in [0.2, 0.25) is 5.02 Å². The maximum atomic E-state index is 10.7. The van der Waals surface area contributed by atoms with Gasteiger partial charge in [-0.2, -0.15) is 0 Å². The molecule has 0 aliphatic carbocycles. The Morgan fingerprint density at radius 1 is 1.31 bits per heavy atom. The van der Waals surface area contributed by atoms with Crippen LogP contribution in [0.4, 0.5) is 0 Å². The Kier molecular flexibility index (Phi) is 2.71. The van der Waals surface area contributed by atoms with Crippen LogP contribution in [0.25, 0.3) is 11.3 Å². The van der Waals surface area contributed by atoms with Gasteiger partial charge in [-0.25, -0.2) is 4.79 Å². The highest BCUT2D eigenvalue weighted by atomic mass is 35.5. The summed E-state index contributed by atoms with van der Waals surface area (Å²) in [6.07, 6.45) is 0. The fourth-order valence-electron chi connectivity index (χ4n) is 1.41. The Bertz CT molecular complexity index is 543. The molecule has 0 saturated heterocycles. The molecule has 0 aliphatic heterocycles. The summed E-state index contributed by atoms with van der Waals surface area (Å²) < 4.78 is 5.18. The molecule has 0 atom stereocenters. The molecule has 0 fully saturated rings. The molecule has 82 valence electrons. The van der Waals surface area contributed by atoms with Gasteiger partial charge in [0.05, 0.1) is 0 Å². The molecular formula is C12H9ClO3. The highest BCUT2D eigenvalue weighted by molar-refractivity contribution is 6.31. The van der Waals surface area contributed by atoms with Crippen LogP contribution < -0.4 is 0 Å². The summed E-state index contributed by atoms with van der Waals surface area (Å²) in [6.45, 7) is 1.88. The highest BCUT2D eigenvalue weighted by Gasteiger charge is 2.10. The van der Waals surface area contributed by atoms with Crippen LogP contribution >= 0.6 is 11.6 Å². The molecule has 0 bridgehead atoms. The molecule has 0 saturated carbocycles. The fraction of sp³-hybridized carbons (Fsp3) is 0.0833. The molecule has 4 heteroatoms. The topological polar surface area (TPSA) is 50.4 Å². The van der Waals surface area contributed by atoms with E-state index in [1.165, 1.54) is 6.07 Å². The smallest absolute Gasteiger partial charge is 0.371 e. The Morgan fingerprint density at radius 2 is 2.06 bits per heavy atom. The maximum absolute atomic E-state index is 10.7. The lowest BCUT2D eigenvalue weighted by Gasteiger charge is -2.00. The lowest BCUT2D eigenvalue weighted by Crippen LogP contribution is -1.91. The van der Waals surface area contributed by atoms with Gasteiger partial charge in [0.1, 0.15) is 5.76 Å². The van der Waals surface area contributed by atoms with E-state index in [0.717, 1.165) is 11.1 Å². The Morgan fingerprint density at radius 3 is 2.62 bits per heavy atom. The molecular weight excluding hydrogens is 228 g/mol. The molecule has 2 aromatic rings. The molecule has 0 amide bonds. The van der Waals surface area contributed by atoms with Crippen LogP contribution in [0.5, 0.6) is 0 Å². The molecule has 0 spiro atoms. The summed E-state index contributed by atoms with van der Waals surface area (Å²) >= 11 is 5.90. The lowest BCUT2D eigenvalue weighted by atomic mass is 10.1. The number of carbonyl (C=O) groups is 1. The largest absolute Gasteiger partial charge is 0.475 e. The fourth-order valence-corrected chi connectivity index (χ4v) is 1.52. The number of halogens is 1. The molecule has 16 heavy (non-hydrogen) atoms. The van der Waals surface area contributed by atoms with Gasteiger partial charge < -0.3 is 9.52 Å². The number of aromatic carboxylic acids is 1. The third-order valence-corrected chi connectivity index (χ3v) is 2.68. The van der Waals surface area contributed by atoms with Gasteiger partial charge in [0.2, 0.25) is 5.76 Å². The van der Waals surface area contributed by atoms with Crippen molar-refractivity contribution in [2.75, 3.05) is 0 Å². The quantitative estimate of drug-likeness (QED) is 0.867. The zero-order valence-corrected chi connectivity index (χ0v) is 9.28. The van der Waals surface area contributed by atoms with Gasteiger partial charge in [-0.1, -0.05) is 11.6 Å². The number of hydrogen-bond acceptors (Lipinski definition) is 2. The van der Waals surface area contributed by atoms with Crippen molar-refractivity contribution >= 4 is 17.6 Å². The van der Waals surface area contributed by atoms with Gasteiger partial charge in [0.25, 0.3) is 0 Å². The number of aryl methyl sites for hydroxylation is 1. The summed E-state index contributed by atoms with van der Waals surface area (Å²) in [5.41, 5.74) is 1.74. The molecule has 1 aromatic heterocycles. The zero-order chi connectivity index (χ0) is 11.7. The van der Waals surface area contributed by atoms with Gasteiger partial charge in [0, 0.05) is 10.6 Å². The third-order valence-electron chi connectivity index (χ3n) is 2.26. The summed E-state index contributed by atoms with van der Waals surface area (Å²) in [4.78, 5) is 10.7. The van der Waals surface area contributed by atoms with Crippen LogP contribution in [0, 0.1) is 6.92 Å². The van der Waals surface area contributed by atoms with Crippen molar-refractivity contribution in [3.63, 3.8) is 0 Å². The zero-order valence-electron chi connectivity index (χ0n) is 8.53. The monoisotopic (exact) mass is 236 g/mol. The van der Waals surface area contributed by atoms with Gasteiger partial charge in [-0.05, 0) is 42.8 Å². The van der Waals surface area contributed by atoms with E-state index in [1.807, 2.05) is 13.0 Å². The third kappa shape index (κ3) is 1.95. The van der Waals surface area contributed by atoms with E-state index in [2.05, 4.69) is 0 Å². The van der Waals surface area contributed by atoms with Crippen molar-refractivity contribution in [2.24, 2.45) is 0 Å². The van der Waals surface area contributed by atoms with E-state index in [0.29, 0.717) is 10.8 Å². The van der Waals surface area contributed by atoms with Crippen molar-refractivity contribution in [2.45, 2.75) is 6.92 Å². The second-order valence-corrected chi connectivity index (χ2v) is 3.84. The number of hydrogen-bond donors (Lipinski definition) is 1. The van der Waals surface area contributed by atoms with Crippen LogP contribution in [0.15, 0.2) is 34.7 Å². The summed E-state index contributed by atoms with van der Waals surface area (Å²) in [7, 11) is 0. The molecule has 0 radical (unpaired) electrons. The van der Waals surface area contributed by atoms with Gasteiger partial charge in [-0.15, -0.1) is 0 Å². The van der Waals surface area contributed by atoms with E-state index in [1.54, 1.807) is 18.2 Å². The predicted octanol–water partition coefficient (Wildman–Crippen LogP) is 3.61. The standard InChI is InChI=1S/C12H9ClO3/c1-7-6-8(2-3-9(7)13)10-4-5-11(16-10)12(14)15/h2-6H,1H3,(H,14,15). The van der Waals surface area contributed by atoms with E-state index >= 15 is 0 Å². The molecule has 3 nitrogen and oxygen atoms in total. The van der Waals surface area contributed by atoms with Gasteiger partial charge in [-0.3, -0.25) is 0 Å². The number of rotatable bonds is 2. The van der Waals surface area contributed by atoms with E-state index in [-0.39, 0.29) is 5.76 Å². The van der Waals surface area contributed by atoms with Crippen LogP contribution in [-0.4, -0.2) is 11.1 Å². The van der Waals surface area contributed by atoms with E-state index < -0.39 is 5.97 Å². The maximum Gasteiger partial charge on any atom is 0.371 e. The number of carboxylic acid groups (broad SMARTS) is 1. The number of carboxylic acids is 1. The Hall–Kier alpha value is -1.74. The first-order chi connectivity index (χ1) is 7.58. The average molecular weight is 237 g/mol. The van der Waals surface area contributed by atoms with Gasteiger partial charge in [0.15, 0.2) is 0 Å². The lowest BCUT2D eigenvalue weighted by molar-refractivity contribution is 0.0663. The molecule has 0 aliphatic rings. The van der Waals surface area contributed by atoms with Crippen molar-refractivity contribution in [1.82, 2.24) is 0 Å². The van der Waals surface area contributed by atoms with Gasteiger partial charge >= 0.3 is 5.97 Å². The molecule has 0 unspecified atom stereocenters. The summed E-state index contributed by atoms with van der Waals surface area (Å²) in [5, 5.41) is 9.40. The number of benzene rings is 1. The first kappa shape index (κ1) is 10.8. The minimum absolute atomic E-state index is 0.0670. The SMILES string of the molecule is Cc1cc(-c2ccc(C(=O)O)o2)ccc1Cl. The van der Waals surface area contributed by atoms with Crippen molar-refractivity contribution in [3.05, 3.63) is 46.7 Å². The molecule has 1 N–H and O–H groups in total. The first-order valence-corrected chi connectivity index (χ1v) is 5.05. The van der Waals surface area contributed by atoms with E-state index in [4.69, 9.17) is 21.1 Å². The number of furan rings is 1. The normalized spacial score (nSPS) is 10.4. The predicted molar refractivity (Wildman–Crippen MR) is 60.9 cm³/mol. The molecule has 1 heterocycles. The van der Waals surface area contributed by atoms with Crippen molar-refractivity contribution < 1.29 is 14.3 Å². The minimum atomic E-state index is -1.07. The average Bonchev–Trinajstić information content (AvgIpc) is 2.71. The van der Waals surface area contributed by atoms with Crippen LogP contribution in [0.1, 0.15) is 16.1 Å². The molecule has 1 aromatic carbocycles. The Labute approximate surface area is 97.3 Å². The minimum Gasteiger partial charge on any atom is -0.475 e. The Balaban J connectivity index is 2.42. The summed E-state index contributed by atoms with van der Waals surface area (Å²) in [6, 6.07) is 8.47. The van der Waals surface area contributed by atoms with Crippen molar-refractivity contribution in [3.8, 4) is 11.3 Å². The summed E-state index contributed by atoms with van der Waals surface area (Å²) in [5.74, 6) is -0.614. The van der Waals surface area contributed by atoms with Crippen molar-refractivity contribution in [1.29, 1.82) is 0 Å². The van der Waals surface area contributed by atoms with Crippen LogP contribution in [-0.2, 0) is 0 Å². The molecule has 2 rings (SSSR count). The second-order valence-electron chi connectivity index (χ2n) is 3.43. The highest BCUT2D eigenvalue weighted by Crippen LogP contribution is 2.26. The van der Waals surface area contributed by atoms with E-state index in [9.17, 15) is 4.79 Å². The van der Waals surface area contributed by atoms with Crippen LogP contribution in [0.3, 0.4) is 0 Å². The second kappa shape index (κ2) is 4.02.